The first-order valence-electron chi connectivity index (χ1n) is 10.2. The molecule has 1 fully saturated rings. The van der Waals surface area contributed by atoms with Crippen molar-refractivity contribution >= 4 is 15.9 Å². The molecule has 0 radical (unpaired) electrons. The normalized spacial score (nSPS) is 16.3. The summed E-state index contributed by atoms with van der Waals surface area (Å²) in [6, 6.07) is 3.28. The molecule has 1 heterocycles. The minimum atomic E-state index is -3.64. The largest absolute Gasteiger partial charge is 0.395 e. The Morgan fingerprint density at radius 2 is 1.86 bits per heavy atom. The number of hydrogen-bond donors (Lipinski definition) is 1. The van der Waals surface area contributed by atoms with Crippen molar-refractivity contribution in [3.8, 4) is 0 Å². The highest BCUT2D eigenvalue weighted by molar-refractivity contribution is 7.89. The Labute approximate surface area is 169 Å². The first-order valence-corrected chi connectivity index (χ1v) is 11.7. The standard InChI is InChI=1S/C21H34N2O4S/c1-5-6-9-22(12-13-24)21(25)19-14-17(3)18(4)20(15-19)28(26,27)23-10-7-16(2)8-11-23/h14-16,24H,5-13H2,1-4H3. The van der Waals surface area contributed by atoms with E-state index in [4.69, 9.17) is 0 Å². The zero-order chi connectivity index (χ0) is 20.9. The minimum Gasteiger partial charge on any atom is -0.395 e. The Balaban J connectivity index is 2.39. The monoisotopic (exact) mass is 410 g/mol. The highest BCUT2D eigenvalue weighted by Crippen LogP contribution is 2.28. The first kappa shape index (κ1) is 22.8. The van der Waals surface area contributed by atoms with E-state index in [-0.39, 0.29) is 24.0 Å². The number of carbonyl (C=O) groups is 1. The number of aryl methyl sites for hydroxylation is 1. The lowest BCUT2D eigenvalue weighted by molar-refractivity contribution is 0.0719. The van der Waals surface area contributed by atoms with Crippen LogP contribution in [0.15, 0.2) is 17.0 Å². The van der Waals surface area contributed by atoms with E-state index in [1.54, 1.807) is 22.2 Å². The summed E-state index contributed by atoms with van der Waals surface area (Å²) in [7, 11) is -3.64. The molecule has 158 valence electrons. The van der Waals surface area contributed by atoms with Crippen molar-refractivity contribution in [3.05, 3.63) is 28.8 Å². The van der Waals surface area contributed by atoms with Gasteiger partial charge in [-0.2, -0.15) is 4.31 Å². The van der Waals surface area contributed by atoms with Gasteiger partial charge in [-0.3, -0.25) is 4.79 Å². The van der Waals surface area contributed by atoms with Gasteiger partial charge in [0.2, 0.25) is 10.0 Å². The van der Waals surface area contributed by atoms with Gasteiger partial charge >= 0.3 is 0 Å². The number of hydrogen-bond acceptors (Lipinski definition) is 4. The van der Waals surface area contributed by atoms with Gasteiger partial charge < -0.3 is 10.0 Å². The molecular formula is C21H34N2O4S. The van der Waals surface area contributed by atoms with Gasteiger partial charge in [0, 0.05) is 31.7 Å². The molecule has 1 amide bonds. The molecule has 7 heteroatoms. The van der Waals surface area contributed by atoms with Gasteiger partial charge in [-0.05, 0) is 62.3 Å². The highest BCUT2D eigenvalue weighted by atomic mass is 32.2. The van der Waals surface area contributed by atoms with E-state index in [1.807, 2.05) is 13.8 Å². The van der Waals surface area contributed by atoms with Gasteiger partial charge in [0.05, 0.1) is 11.5 Å². The van der Waals surface area contributed by atoms with Crippen molar-refractivity contribution in [2.45, 2.75) is 58.3 Å². The van der Waals surface area contributed by atoms with Crippen LogP contribution < -0.4 is 0 Å². The zero-order valence-corrected chi connectivity index (χ0v) is 18.4. The Hall–Kier alpha value is -1.44. The number of piperidine rings is 1. The van der Waals surface area contributed by atoms with Gasteiger partial charge in [-0.15, -0.1) is 0 Å². The van der Waals surface area contributed by atoms with Gasteiger partial charge in [-0.1, -0.05) is 20.3 Å². The summed E-state index contributed by atoms with van der Waals surface area (Å²) < 4.78 is 28.1. The average molecular weight is 411 g/mol. The van der Waals surface area contributed by atoms with Crippen LogP contribution in [0.5, 0.6) is 0 Å². The summed E-state index contributed by atoms with van der Waals surface area (Å²) in [6.45, 7) is 9.55. The van der Waals surface area contributed by atoms with Crippen molar-refractivity contribution in [3.63, 3.8) is 0 Å². The van der Waals surface area contributed by atoms with Crippen LogP contribution in [-0.2, 0) is 10.0 Å². The fourth-order valence-corrected chi connectivity index (χ4v) is 5.34. The number of aliphatic hydroxyl groups is 1. The van der Waals surface area contributed by atoms with Crippen LogP contribution in [-0.4, -0.2) is 61.4 Å². The lowest BCUT2D eigenvalue weighted by Crippen LogP contribution is -2.38. The van der Waals surface area contributed by atoms with Crippen LogP contribution >= 0.6 is 0 Å². The average Bonchev–Trinajstić information content (AvgIpc) is 2.66. The van der Waals surface area contributed by atoms with Crippen molar-refractivity contribution in [2.75, 3.05) is 32.8 Å². The molecule has 0 unspecified atom stereocenters. The van der Waals surface area contributed by atoms with Crippen molar-refractivity contribution in [2.24, 2.45) is 5.92 Å². The summed E-state index contributed by atoms with van der Waals surface area (Å²) >= 11 is 0. The molecule has 1 saturated heterocycles. The molecule has 0 saturated carbocycles. The Bertz CT molecular complexity index is 784. The third-order valence-electron chi connectivity index (χ3n) is 5.67. The quantitative estimate of drug-likeness (QED) is 0.715. The molecule has 1 aromatic carbocycles. The third-order valence-corrected chi connectivity index (χ3v) is 7.69. The van der Waals surface area contributed by atoms with Gasteiger partial charge in [0.1, 0.15) is 0 Å². The molecule has 6 nitrogen and oxygen atoms in total. The third kappa shape index (κ3) is 5.13. The maximum Gasteiger partial charge on any atom is 0.253 e. The number of amides is 1. The zero-order valence-electron chi connectivity index (χ0n) is 17.6. The van der Waals surface area contributed by atoms with Crippen molar-refractivity contribution in [1.82, 2.24) is 9.21 Å². The summed E-state index contributed by atoms with van der Waals surface area (Å²) in [5.41, 5.74) is 1.85. The van der Waals surface area contributed by atoms with E-state index in [0.717, 1.165) is 31.2 Å². The van der Waals surface area contributed by atoms with Crippen molar-refractivity contribution in [1.29, 1.82) is 0 Å². The number of unbranched alkanes of at least 4 members (excludes halogenated alkanes) is 1. The molecule has 2 rings (SSSR count). The van der Waals surface area contributed by atoms with Crippen LogP contribution in [0.25, 0.3) is 0 Å². The Morgan fingerprint density at radius 1 is 1.21 bits per heavy atom. The van der Waals surface area contributed by atoms with E-state index in [0.29, 0.717) is 36.7 Å². The second-order valence-corrected chi connectivity index (χ2v) is 9.78. The predicted octanol–water partition coefficient (Wildman–Crippen LogP) is 2.96. The smallest absolute Gasteiger partial charge is 0.253 e. The molecule has 0 bridgehead atoms. The number of benzene rings is 1. The number of aliphatic hydroxyl groups excluding tert-OH is 1. The molecular weight excluding hydrogens is 376 g/mol. The van der Waals surface area contributed by atoms with E-state index in [9.17, 15) is 18.3 Å². The van der Waals surface area contributed by atoms with Crippen LogP contribution in [0.4, 0.5) is 0 Å². The van der Waals surface area contributed by atoms with Crippen LogP contribution in [0.2, 0.25) is 0 Å². The van der Waals surface area contributed by atoms with E-state index in [2.05, 4.69) is 6.92 Å². The Morgan fingerprint density at radius 3 is 2.43 bits per heavy atom. The number of nitrogens with zero attached hydrogens (tertiary/aromatic N) is 2. The molecule has 1 aliphatic rings. The summed E-state index contributed by atoms with van der Waals surface area (Å²) in [5.74, 6) is 0.308. The summed E-state index contributed by atoms with van der Waals surface area (Å²) in [4.78, 5) is 14.8. The molecule has 0 spiro atoms. The summed E-state index contributed by atoms with van der Waals surface area (Å²) in [6.07, 6.45) is 3.50. The SMILES string of the molecule is CCCCN(CCO)C(=O)c1cc(C)c(C)c(S(=O)(=O)N2CCC(C)CC2)c1. The summed E-state index contributed by atoms with van der Waals surface area (Å²) in [5, 5.41) is 9.31. The van der Waals surface area contributed by atoms with Crippen LogP contribution in [0, 0.1) is 19.8 Å². The molecule has 0 atom stereocenters. The maximum atomic E-state index is 13.3. The van der Waals surface area contributed by atoms with Crippen LogP contribution in [0.1, 0.15) is 61.0 Å². The second-order valence-electron chi connectivity index (χ2n) is 7.87. The number of sulfonamides is 1. The predicted molar refractivity (Wildman–Crippen MR) is 111 cm³/mol. The van der Waals surface area contributed by atoms with E-state index >= 15 is 0 Å². The van der Waals surface area contributed by atoms with Gasteiger partial charge in [-0.25, -0.2) is 8.42 Å². The van der Waals surface area contributed by atoms with E-state index in [1.165, 1.54) is 6.07 Å². The van der Waals surface area contributed by atoms with E-state index < -0.39 is 10.0 Å². The second kappa shape index (κ2) is 9.85. The molecule has 1 aromatic rings. The Kier molecular flexibility index (Phi) is 8.04. The number of rotatable bonds is 8. The lowest BCUT2D eigenvalue weighted by atomic mass is 10.0. The molecule has 28 heavy (non-hydrogen) atoms. The molecule has 0 aliphatic carbocycles. The maximum absolute atomic E-state index is 13.3. The number of carbonyl (C=O) groups excluding carboxylic acids is 1. The molecule has 1 aliphatic heterocycles. The lowest BCUT2D eigenvalue weighted by Gasteiger charge is -2.30. The molecule has 0 aromatic heterocycles. The fourth-order valence-electron chi connectivity index (χ4n) is 3.55. The van der Waals surface area contributed by atoms with Crippen LogP contribution in [0.3, 0.4) is 0 Å². The fraction of sp³-hybridized carbons (Fsp3) is 0.667. The molecule has 1 N–H and O–H groups in total. The first-order chi connectivity index (χ1) is 13.2. The van der Waals surface area contributed by atoms with Gasteiger partial charge in [0.15, 0.2) is 0 Å². The topological polar surface area (TPSA) is 77.9 Å². The van der Waals surface area contributed by atoms with Crippen molar-refractivity contribution < 1.29 is 18.3 Å². The minimum absolute atomic E-state index is 0.114. The highest BCUT2D eigenvalue weighted by Gasteiger charge is 2.31. The van der Waals surface area contributed by atoms with Gasteiger partial charge in [0.25, 0.3) is 5.91 Å².